The van der Waals surface area contributed by atoms with E-state index < -0.39 is 4.92 Å². The number of fused-ring (bicyclic) bond motifs is 1. The Labute approximate surface area is 90.5 Å². The maximum absolute atomic E-state index is 10.6. The van der Waals surface area contributed by atoms with Crippen molar-refractivity contribution in [3.8, 4) is 11.5 Å². The lowest BCUT2D eigenvalue weighted by atomic mass is 10.2. The van der Waals surface area contributed by atoms with E-state index in [1.54, 1.807) is 12.1 Å². The fourth-order valence-corrected chi connectivity index (χ4v) is 1.49. The van der Waals surface area contributed by atoms with Crippen LogP contribution in [0.4, 0.5) is 5.88 Å². The molecule has 2 aromatic rings. The van der Waals surface area contributed by atoms with E-state index in [1.807, 2.05) is 0 Å². The number of methoxy groups -OCH3 is 2. The normalized spacial score (nSPS) is 10.4. The predicted octanol–water partition coefficient (Wildman–Crippen LogP) is 2.36. The summed E-state index contributed by atoms with van der Waals surface area (Å²) in [4.78, 5) is 10.0. The number of hydrogen-bond acceptors (Lipinski definition) is 5. The molecule has 0 aliphatic heterocycles. The third-order valence-electron chi connectivity index (χ3n) is 2.21. The van der Waals surface area contributed by atoms with Gasteiger partial charge in [-0.3, -0.25) is 10.1 Å². The topological polar surface area (TPSA) is 74.7 Å². The SMILES string of the molecule is COc1ccc(OC)c2oc([N+](=O)[O-])cc12. The molecule has 0 N–H and O–H groups in total. The summed E-state index contributed by atoms with van der Waals surface area (Å²) in [5.74, 6) is 0.606. The Hall–Kier alpha value is -2.24. The van der Waals surface area contributed by atoms with E-state index in [4.69, 9.17) is 13.9 Å². The molecule has 1 heterocycles. The van der Waals surface area contributed by atoms with Crippen molar-refractivity contribution in [2.24, 2.45) is 0 Å². The van der Waals surface area contributed by atoms with Crippen molar-refractivity contribution in [2.45, 2.75) is 0 Å². The summed E-state index contributed by atoms with van der Waals surface area (Å²) in [6.07, 6.45) is 0. The van der Waals surface area contributed by atoms with Gasteiger partial charge in [0.2, 0.25) is 0 Å². The van der Waals surface area contributed by atoms with Gasteiger partial charge in [0.1, 0.15) is 10.7 Å². The standard InChI is InChI=1S/C10H9NO5/c1-14-7-3-4-8(15-2)10-6(7)5-9(16-10)11(12)13/h3-5H,1-2H3. The molecule has 16 heavy (non-hydrogen) atoms. The first-order valence-corrected chi connectivity index (χ1v) is 4.46. The average molecular weight is 223 g/mol. The van der Waals surface area contributed by atoms with E-state index in [1.165, 1.54) is 20.3 Å². The van der Waals surface area contributed by atoms with Crippen LogP contribution in [0.2, 0.25) is 0 Å². The Bertz CT molecular complexity index is 504. The number of benzene rings is 1. The van der Waals surface area contributed by atoms with Gasteiger partial charge in [-0.2, -0.15) is 0 Å². The lowest BCUT2D eigenvalue weighted by molar-refractivity contribution is -0.401. The van der Waals surface area contributed by atoms with Crippen LogP contribution in [-0.4, -0.2) is 19.1 Å². The maximum atomic E-state index is 10.6. The molecule has 0 aliphatic carbocycles. The zero-order chi connectivity index (χ0) is 11.7. The molecule has 6 nitrogen and oxygen atoms in total. The molecule has 0 fully saturated rings. The molecule has 0 saturated carbocycles. The highest BCUT2D eigenvalue weighted by molar-refractivity contribution is 5.90. The highest BCUT2D eigenvalue weighted by Gasteiger charge is 2.19. The van der Waals surface area contributed by atoms with Crippen LogP contribution in [0.1, 0.15) is 0 Å². The van der Waals surface area contributed by atoms with Crippen LogP contribution in [-0.2, 0) is 0 Å². The summed E-state index contributed by atoms with van der Waals surface area (Å²) < 4.78 is 15.2. The van der Waals surface area contributed by atoms with Gasteiger partial charge in [0.15, 0.2) is 11.3 Å². The van der Waals surface area contributed by atoms with Gasteiger partial charge >= 0.3 is 5.88 Å². The Balaban J connectivity index is 2.75. The molecule has 0 unspecified atom stereocenters. The van der Waals surface area contributed by atoms with Crippen LogP contribution in [0, 0.1) is 10.1 Å². The molecule has 0 saturated heterocycles. The number of furan rings is 1. The summed E-state index contributed by atoms with van der Waals surface area (Å²) in [7, 11) is 2.95. The molecule has 0 bridgehead atoms. The molecule has 84 valence electrons. The van der Waals surface area contributed by atoms with Gasteiger partial charge in [-0.05, 0) is 12.1 Å². The molecule has 1 aromatic heterocycles. The van der Waals surface area contributed by atoms with Gasteiger partial charge in [0.05, 0.1) is 25.7 Å². The lowest BCUT2D eigenvalue weighted by Gasteiger charge is -2.03. The summed E-state index contributed by atoms with van der Waals surface area (Å²) in [6, 6.07) is 4.62. The Kier molecular flexibility index (Phi) is 2.40. The summed E-state index contributed by atoms with van der Waals surface area (Å²) in [6.45, 7) is 0. The largest absolute Gasteiger partial charge is 0.496 e. The van der Waals surface area contributed by atoms with Crippen molar-refractivity contribution >= 4 is 16.9 Å². The molecule has 0 atom stereocenters. The maximum Gasteiger partial charge on any atom is 0.434 e. The van der Waals surface area contributed by atoms with Crippen LogP contribution in [0.3, 0.4) is 0 Å². The fraction of sp³-hybridized carbons (Fsp3) is 0.200. The molecular formula is C10H9NO5. The van der Waals surface area contributed by atoms with Crippen LogP contribution in [0.15, 0.2) is 22.6 Å². The van der Waals surface area contributed by atoms with Crippen LogP contribution in [0.5, 0.6) is 11.5 Å². The minimum atomic E-state index is -0.598. The minimum Gasteiger partial charge on any atom is -0.496 e. The number of hydrogen-bond donors (Lipinski definition) is 0. The Morgan fingerprint density at radius 1 is 1.25 bits per heavy atom. The second-order valence-corrected chi connectivity index (χ2v) is 3.05. The first kappa shape index (κ1) is 10.3. The summed E-state index contributed by atoms with van der Waals surface area (Å²) in [5.41, 5.74) is 0.313. The van der Waals surface area contributed by atoms with Gasteiger partial charge in [0.25, 0.3) is 0 Å². The van der Waals surface area contributed by atoms with Gasteiger partial charge in [0, 0.05) is 0 Å². The van der Waals surface area contributed by atoms with Crippen molar-refractivity contribution in [3.05, 3.63) is 28.3 Å². The van der Waals surface area contributed by atoms with Gasteiger partial charge in [-0.1, -0.05) is 0 Å². The van der Waals surface area contributed by atoms with Gasteiger partial charge in [-0.25, -0.2) is 0 Å². The van der Waals surface area contributed by atoms with E-state index >= 15 is 0 Å². The zero-order valence-corrected chi connectivity index (χ0v) is 8.72. The van der Waals surface area contributed by atoms with Crippen LogP contribution >= 0.6 is 0 Å². The van der Waals surface area contributed by atoms with E-state index in [2.05, 4.69) is 0 Å². The van der Waals surface area contributed by atoms with Crippen molar-refractivity contribution in [3.63, 3.8) is 0 Å². The van der Waals surface area contributed by atoms with Gasteiger partial charge in [-0.15, -0.1) is 0 Å². The number of nitrogens with zero attached hydrogens (tertiary/aromatic N) is 1. The van der Waals surface area contributed by atoms with Crippen LogP contribution < -0.4 is 9.47 Å². The third-order valence-corrected chi connectivity index (χ3v) is 2.21. The summed E-state index contributed by atoms with van der Waals surface area (Å²) in [5, 5.41) is 11.1. The van der Waals surface area contributed by atoms with Crippen molar-refractivity contribution in [1.82, 2.24) is 0 Å². The lowest BCUT2D eigenvalue weighted by Crippen LogP contribution is -1.86. The molecule has 2 rings (SSSR count). The second kappa shape index (κ2) is 3.73. The molecule has 0 amide bonds. The number of nitro groups is 1. The summed E-state index contributed by atoms with van der Waals surface area (Å²) >= 11 is 0. The molecule has 0 radical (unpaired) electrons. The molecule has 6 heteroatoms. The van der Waals surface area contributed by atoms with E-state index in [0.29, 0.717) is 22.5 Å². The average Bonchev–Trinajstić information content (AvgIpc) is 2.72. The number of ether oxygens (including phenoxy) is 2. The van der Waals surface area contributed by atoms with Gasteiger partial charge < -0.3 is 13.9 Å². The van der Waals surface area contributed by atoms with E-state index in [9.17, 15) is 10.1 Å². The monoisotopic (exact) mass is 223 g/mol. The van der Waals surface area contributed by atoms with Crippen LogP contribution in [0.25, 0.3) is 11.0 Å². The zero-order valence-electron chi connectivity index (χ0n) is 8.72. The first-order chi connectivity index (χ1) is 7.67. The minimum absolute atomic E-state index is 0.313. The Morgan fingerprint density at radius 3 is 2.44 bits per heavy atom. The van der Waals surface area contributed by atoms with Crippen molar-refractivity contribution < 1.29 is 18.8 Å². The first-order valence-electron chi connectivity index (χ1n) is 4.46. The Morgan fingerprint density at radius 2 is 1.88 bits per heavy atom. The quantitative estimate of drug-likeness (QED) is 0.589. The third kappa shape index (κ3) is 1.44. The molecule has 0 spiro atoms. The predicted molar refractivity (Wildman–Crippen MR) is 56.0 cm³/mol. The fourth-order valence-electron chi connectivity index (χ4n) is 1.49. The van der Waals surface area contributed by atoms with E-state index in [0.717, 1.165) is 0 Å². The second-order valence-electron chi connectivity index (χ2n) is 3.05. The van der Waals surface area contributed by atoms with Crippen molar-refractivity contribution in [2.75, 3.05) is 14.2 Å². The highest BCUT2D eigenvalue weighted by atomic mass is 16.6. The molecule has 0 aliphatic rings. The van der Waals surface area contributed by atoms with E-state index in [-0.39, 0.29) is 5.88 Å². The van der Waals surface area contributed by atoms with Crippen molar-refractivity contribution in [1.29, 1.82) is 0 Å². The molecular weight excluding hydrogens is 214 g/mol. The smallest absolute Gasteiger partial charge is 0.434 e. The highest BCUT2D eigenvalue weighted by Crippen LogP contribution is 2.37. The number of rotatable bonds is 3. The molecule has 1 aromatic carbocycles.